The Bertz CT molecular complexity index is 1100. The molecule has 0 amide bonds. The van der Waals surface area contributed by atoms with Crippen LogP contribution in [0.5, 0.6) is 17.2 Å². The minimum atomic E-state index is -0.391. The second-order valence-electron chi connectivity index (χ2n) is 7.84. The van der Waals surface area contributed by atoms with Gasteiger partial charge in [0.2, 0.25) is 0 Å². The Balaban J connectivity index is 1.83. The molecule has 4 rings (SSSR count). The molecule has 6 heteroatoms. The van der Waals surface area contributed by atoms with E-state index in [9.17, 15) is 15.3 Å². The molecule has 0 aliphatic carbocycles. The molecule has 0 spiro atoms. The normalized spacial score (nSPS) is 15.9. The third-order valence-corrected chi connectivity index (χ3v) is 5.45. The summed E-state index contributed by atoms with van der Waals surface area (Å²) in [5.74, 6) is 2.08. The zero-order valence-electron chi connectivity index (χ0n) is 18.0. The SMILES string of the molecule is CCCCCC1=NC(c2ccc(O)cc2)=NC(c2ccc(O)cc2)N1c1ccc(O)cc1. The topological polar surface area (TPSA) is 88.7 Å². The van der Waals surface area contributed by atoms with Gasteiger partial charge in [0.1, 0.15) is 23.1 Å². The lowest BCUT2D eigenvalue weighted by atomic mass is 10.1. The van der Waals surface area contributed by atoms with E-state index in [1.54, 1.807) is 36.4 Å². The van der Waals surface area contributed by atoms with Gasteiger partial charge >= 0.3 is 0 Å². The highest BCUT2D eigenvalue weighted by molar-refractivity contribution is 6.13. The van der Waals surface area contributed by atoms with E-state index in [1.165, 1.54) is 0 Å². The van der Waals surface area contributed by atoms with E-state index >= 15 is 0 Å². The summed E-state index contributed by atoms with van der Waals surface area (Å²) in [5, 5.41) is 29.3. The molecule has 1 atom stereocenters. The summed E-state index contributed by atoms with van der Waals surface area (Å²) in [6.45, 7) is 2.17. The van der Waals surface area contributed by atoms with Gasteiger partial charge in [0.15, 0.2) is 12.0 Å². The van der Waals surface area contributed by atoms with Crippen molar-refractivity contribution < 1.29 is 15.3 Å². The minimum Gasteiger partial charge on any atom is -0.508 e. The smallest absolute Gasteiger partial charge is 0.159 e. The Labute approximate surface area is 187 Å². The quantitative estimate of drug-likeness (QED) is 0.417. The number of anilines is 1. The third-order valence-electron chi connectivity index (χ3n) is 5.45. The molecule has 1 unspecified atom stereocenters. The van der Waals surface area contributed by atoms with Crippen LogP contribution in [0.3, 0.4) is 0 Å². The molecule has 32 heavy (non-hydrogen) atoms. The van der Waals surface area contributed by atoms with Crippen LogP contribution in [0.15, 0.2) is 82.8 Å². The van der Waals surface area contributed by atoms with Crippen LogP contribution in [0.4, 0.5) is 5.69 Å². The van der Waals surface area contributed by atoms with Crippen LogP contribution >= 0.6 is 0 Å². The number of aliphatic imine (C=N–C) groups is 2. The van der Waals surface area contributed by atoms with Crippen molar-refractivity contribution in [3.05, 3.63) is 83.9 Å². The predicted molar refractivity (Wildman–Crippen MR) is 128 cm³/mol. The summed E-state index contributed by atoms with van der Waals surface area (Å²) < 4.78 is 0. The van der Waals surface area contributed by atoms with Gasteiger partial charge in [-0.3, -0.25) is 0 Å². The van der Waals surface area contributed by atoms with E-state index in [1.807, 2.05) is 36.4 Å². The molecule has 1 aliphatic heterocycles. The molecule has 1 heterocycles. The number of hydrogen-bond donors (Lipinski definition) is 3. The monoisotopic (exact) mass is 429 g/mol. The number of hydrogen-bond acceptors (Lipinski definition) is 6. The van der Waals surface area contributed by atoms with Crippen LogP contribution in [0.2, 0.25) is 0 Å². The zero-order valence-corrected chi connectivity index (χ0v) is 18.0. The summed E-state index contributed by atoms with van der Waals surface area (Å²) in [4.78, 5) is 12.0. The number of unbranched alkanes of at least 4 members (excludes halogenated alkanes) is 2. The van der Waals surface area contributed by atoms with Gasteiger partial charge in [0.05, 0.1) is 0 Å². The summed E-state index contributed by atoms with van der Waals surface area (Å²) in [7, 11) is 0. The molecule has 1 aliphatic rings. The fourth-order valence-electron chi connectivity index (χ4n) is 3.75. The molecular weight excluding hydrogens is 402 g/mol. The van der Waals surface area contributed by atoms with Crippen molar-refractivity contribution in [3.63, 3.8) is 0 Å². The van der Waals surface area contributed by atoms with Gasteiger partial charge in [0, 0.05) is 17.7 Å². The molecule has 164 valence electrons. The number of rotatable bonds is 7. The number of phenolic OH excluding ortho intramolecular Hbond substituents is 3. The fourth-order valence-corrected chi connectivity index (χ4v) is 3.75. The first kappa shape index (κ1) is 21.4. The van der Waals surface area contributed by atoms with E-state index in [4.69, 9.17) is 9.98 Å². The number of nitrogens with zero attached hydrogens (tertiary/aromatic N) is 3. The van der Waals surface area contributed by atoms with E-state index in [-0.39, 0.29) is 17.2 Å². The highest BCUT2D eigenvalue weighted by Gasteiger charge is 2.29. The molecule has 0 fully saturated rings. The van der Waals surface area contributed by atoms with Crippen LogP contribution in [-0.2, 0) is 0 Å². The molecule has 0 bridgehead atoms. The van der Waals surface area contributed by atoms with Crippen molar-refractivity contribution in [2.45, 2.75) is 38.8 Å². The Hall–Kier alpha value is -3.80. The summed E-state index contributed by atoms with van der Waals surface area (Å²) in [5.41, 5.74) is 2.62. The summed E-state index contributed by atoms with van der Waals surface area (Å²) >= 11 is 0. The van der Waals surface area contributed by atoms with Gasteiger partial charge in [-0.05, 0) is 72.6 Å². The first-order valence-corrected chi connectivity index (χ1v) is 10.9. The minimum absolute atomic E-state index is 0.193. The van der Waals surface area contributed by atoms with Crippen LogP contribution < -0.4 is 4.90 Å². The number of benzene rings is 3. The number of phenols is 3. The van der Waals surface area contributed by atoms with Crippen molar-refractivity contribution in [3.8, 4) is 17.2 Å². The van der Waals surface area contributed by atoms with Crippen LogP contribution in [0, 0.1) is 0 Å². The molecular formula is C26H27N3O3. The molecule has 3 N–H and O–H groups in total. The van der Waals surface area contributed by atoms with E-state index in [0.29, 0.717) is 5.84 Å². The Morgan fingerprint density at radius 2 is 1.31 bits per heavy atom. The average Bonchev–Trinajstić information content (AvgIpc) is 2.80. The Morgan fingerprint density at radius 3 is 1.91 bits per heavy atom. The van der Waals surface area contributed by atoms with Gasteiger partial charge in [-0.2, -0.15) is 0 Å². The van der Waals surface area contributed by atoms with Gasteiger partial charge < -0.3 is 20.2 Å². The summed E-state index contributed by atoms with van der Waals surface area (Å²) in [6.07, 6.45) is 3.58. The molecule has 3 aromatic carbocycles. The standard InChI is InChI=1S/C26H27N3O3/c1-2-3-4-5-24-27-25(18-6-12-21(30)13-7-18)28-26(19-8-14-22(31)15-9-19)29(24)20-10-16-23(32)17-11-20/h6-17,26,30-32H,2-5H2,1H3. The van der Waals surface area contributed by atoms with Gasteiger partial charge in [-0.15, -0.1) is 0 Å². The van der Waals surface area contributed by atoms with E-state index in [2.05, 4.69) is 11.8 Å². The largest absolute Gasteiger partial charge is 0.508 e. The number of aromatic hydroxyl groups is 3. The molecule has 0 aromatic heterocycles. The summed E-state index contributed by atoms with van der Waals surface area (Å²) in [6, 6.07) is 21.0. The van der Waals surface area contributed by atoms with Crippen molar-refractivity contribution >= 4 is 17.4 Å². The number of amidine groups is 2. The average molecular weight is 430 g/mol. The molecule has 0 radical (unpaired) electrons. The van der Waals surface area contributed by atoms with Crippen LogP contribution in [0.1, 0.15) is 49.9 Å². The highest BCUT2D eigenvalue weighted by atomic mass is 16.3. The van der Waals surface area contributed by atoms with Gasteiger partial charge in [-0.25, -0.2) is 9.98 Å². The Morgan fingerprint density at radius 1 is 0.750 bits per heavy atom. The molecule has 0 saturated carbocycles. The highest BCUT2D eigenvalue weighted by Crippen LogP contribution is 2.35. The van der Waals surface area contributed by atoms with Gasteiger partial charge in [0.25, 0.3) is 0 Å². The van der Waals surface area contributed by atoms with E-state index < -0.39 is 6.17 Å². The lowest BCUT2D eigenvalue weighted by Crippen LogP contribution is -2.38. The van der Waals surface area contributed by atoms with Crippen LogP contribution in [-0.4, -0.2) is 27.0 Å². The van der Waals surface area contributed by atoms with E-state index in [0.717, 1.165) is 48.3 Å². The third kappa shape index (κ3) is 4.75. The maximum atomic E-state index is 9.80. The first-order valence-electron chi connectivity index (χ1n) is 10.9. The van der Waals surface area contributed by atoms with Crippen LogP contribution in [0.25, 0.3) is 0 Å². The predicted octanol–water partition coefficient (Wildman–Crippen LogP) is 5.75. The van der Waals surface area contributed by atoms with Crippen molar-refractivity contribution in [2.75, 3.05) is 4.90 Å². The second-order valence-corrected chi connectivity index (χ2v) is 7.84. The fraction of sp³-hybridized carbons (Fsp3) is 0.231. The van der Waals surface area contributed by atoms with Crippen molar-refractivity contribution in [2.24, 2.45) is 9.98 Å². The lowest BCUT2D eigenvalue weighted by Gasteiger charge is -2.35. The zero-order chi connectivity index (χ0) is 22.5. The molecule has 6 nitrogen and oxygen atoms in total. The van der Waals surface area contributed by atoms with Crippen molar-refractivity contribution in [1.82, 2.24) is 0 Å². The van der Waals surface area contributed by atoms with Gasteiger partial charge in [-0.1, -0.05) is 31.9 Å². The molecule has 3 aromatic rings. The maximum absolute atomic E-state index is 9.80. The Kier molecular flexibility index (Phi) is 6.40. The van der Waals surface area contributed by atoms with Crippen molar-refractivity contribution in [1.29, 1.82) is 0 Å². The first-order chi connectivity index (χ1) is 15.5. The molecule has 0 saturated heterocycles. The maximum Gasteiger partial charge on any atom is 0.159 e. The second kappa shape index (κ2) is 9.56. The lowest BCUT2D eigenvalue weighted by molar-refractivity contribution is 0.474.